The van der Waals surface area contributed by atoms with Gasteiger partial charge in [0, 0.05) is 27.7 Å². The molecule has 0 bridgehead atoms. The van der Waals surface area contributed by atoms with Crippen molar-refractivity contribution in [3.05, 3.63) is 43.2 Å². The van der Waals surface area contributed by atoms with Crippen LogP contribution in [0.2, 0.25) is 4.34 Å². The second-order valence-electron chi connectivity index (χ2n) is 3.64. The molecule has 0 aliphatic heterocycles. The molecule has 0 saturated heterocycles. The van der Waals surface area contributed by atoms with E-state index in [4.69, 9.17) is 11.6 Å². The van der Waals surface area contributed by atoms with E-state index < -0.39 is 0 Å². The molecular formula is C12H14ClNS2. The first-order chi connectivity index (χ1) is 7.74. The Balaban J connectivity index is 1.69. The summed E-state index contributed by atoms with van der Waals surface area (Å²) in [7, 11) is 0. The first kappa shape index (κ1) is 12.1. The van der Waals surface area contributed by atoms with Crippen molar-refractivity contribution in [3.63, 3.8) is 0 Å². The fourth-order valence-electron chi connectivity index (χ4n) is 1.49. The van der Waals surface area contributed by atoms with Crippen LogP contribution in [0.5, 0.6) is 0 Å². The summed E-state index contributed by atoms with van der Waals surface area (Å²) in [6.45, 7) is 4.12. The van der Waals surface area contributed by atoms with Gasteiger partial charge in [-0.2, -0.15) is 0 Å². The minimum absolute atomic E-state index is 0.879. The summed E-state index contributed by atoms with van der Waals surface area (Å²) in [5.74, 6) is 0. The zero-order valence-corrected chi connectivity index (χ0v) is 11.5. The van der Waals surface area contributed by atoms with Crippen molar-refractivity contribution in [2.75, 3.05) is 6.54 Å². The predicted octanol–water partition coefficient (Wildman–Crippen LogP) is 4.10. The Morgan fingerprint density at radius 3 is 2.56 bits per heavy atom. The molecule has 0 spiro atoms. The third-order valence-corrected chi connectivity index (χ3v) is 4.56. The van der Waals surface area contributed by atoms with Gasteiger partial charge >= 0.3 is 0 Å². The van der Waals surface area contributed by atoms with Gasteiger partial charge in [-0.25, -0.2) is 0 Å². The molecule has 2 heterocycles. The van der Waals surface area contributed by atoms with Crippen LogP contribution in [-0.2, 0) is 13.0 Å². The normalized spacial score (nSPS) is 10.9. The first-order valence-corrected chi connectivity index (χ1v) is 7.25. The summed E-state index contributed by atoms with van der Waals surface area (Å²) in [5, 5.41) is 3.45. The van der Waals surface area contributed by atoms with Gasteiger partial charge in [-0.1, -0.05) is 11.6 Å². The molecule has 16 heavy (non-hydrogen) atoms. The van der Waals surface area contributed by atoms with Crippen molar-refractivity contribution in [3.8, 4) is 0 Å². The molecule has 2 aromatic rings. The van der Waals surface area contributed by atoms with Crippen LogP contribution in [0.4, 0.5) is 0 Å². The number of aryl methyl sites for hydroxylation is 1. The zero-order chi connectivity index (χ0) is 11.4. The highest BCUT2D eigenvalue weighted by molar-refractivity contribution is 7.16. The SMILES string of the molecule is Cc1ccc(CNCCc2ccc(Cl)s2)s1. The van der Waals surface area contributed by atoms with Crippen molar-refractivity contribution in [1.29, 1.82) is 0 Å². The largest absolute Gasteiger partial charge is 0.311 e. The maximum atomic E-state index is 5.87. The molecule has 0 radical (unpaired) electrons. The highest BCUT2D eigenvalue weighted by Gasteiger charge is 1.99. The van der Waals surface area contributed by atoms with Crippen molar-refractivity contribution < 1.29 is 0 Å². The van der Waals surface area contributed by atoms with Gasteiger partial charge in [0.05, 0.1) is 4.34 Å². The second-order valence-corrected chi connectivity index (χ2v) is 6.82. The quantitative estimate of drug-likeness (QED) is 0.808. The number of hydrogen-bond donors (Lipinski definition) is 1. The lowest BCUT2D eigenvalue weighted by Crippen LogP contribution is -2.15. The molecule has 86 valence electrons. The van der Waals surface area contributed by atoms with Gasteiger partial charge < -0.3 is 5.32 Å². The van der Waals surface area contributed by atoms with Crippen LogP contribution in [-0.4, -0.2) is 6.54 Å². The molecule has 1 nitrogen and oxygen atoms in total. The number of hydrogen-bond acceptors (Lipinski definition) is 3. The van der Waals surface area contributed by atoms with E-state index in [0.717, 1.165) is 23.8 Å². The van der Waals surface area contributed by atoms with Gasteiger partial charge in [0.1, 0.15) is 0 Å². The zero-order valence-electron chi connectivity index (χ0n) is 9.13. The Morgan fingerprint density at radius 2 is 1.94 bits per heavy atom. The first-order valence-electron chi connectivity index (χ1n) is 5.24. The predicted molar refractivity (Wildman–Crippen MR) is 73.8 cm³/mol. The Morgan fingerprint density at radius 1 is 1.12 bits per heavy atom. The minimum atomic E-state index is 0.879. The lowest BCUT2D eigenvalue weighted by atomic mass is 10.3. The van der Waals surface area contributed by atoms with Crippen molar-refractivity contribution >= 4 is 34.3 Å². The van der Waals surface area contributed by atoms with Gasteiger partial charge in [-0.05, 0) is 37.6 Å². The summed E-state index contributed by atoms with van der Waals surface area (Å²) in [6.07, 6.45) is 1.06. The van der Waals surface area contributed by atoms with E-state index in [9.17, 15) is 0 Å². The molecule has 0 atom stereocenters. The molecule has 0 aliphatic carbocycles. The standard InChI is InChI=1S/C12H14ClNS2/c1-9-2-3-11(15-9)8-14-7-6-10-4-5-12(13)16-10/h2-5,14H,6-8H2,1H3. The van der Waals surface area contributed by atoms with E-state index in [1.165, 1.54) is 14.6 Å². The Hall–Kier alpha value is -0.350. The fraction of sp³-hybridized carbons (Fsp3) is 0.333. The summed E-state index contributed by atoms with van der Waals surface area (Å²) in [6, 6.07) is 8.42. The van der Waals surface area contributed by atoms with Crippen molar-refractivity contribution in [2.24, 2.45) is 0 Å². The molecule has 0 aromatic carbocycles. The molecule has 2 rings (SSSR count). The fourth-order valence-corrected chi connectivity index (χ4v) is 3.44. The van der Waals surface area contributed by atoms with E-state index in [1.807, 2.05) is 17.4 Å². The van der Waals surface area contributed by atoms with E-state index >= 15 is 0 Å². The van der Waals surface area contributed by atoms with Crippen molar-refractivity contribution in [1.82, 2.24) is 5.32 Å². The molecule has 0 aliphatic rings. The summed E-state index contributed by atoms with van der Waals surface area (Å²) in [5.41, 5.74) is 0. The number of rotatable bonds is 5. The minimum Gasteiger partial charge on any atom is -0.311 e. The Kier molecular flexibility index (Phi) is 4.41. The van der Waals surface area contributed by atoms with E-state index in [0.29, 0.717) is 0 Å². The average molecular weight is 272 g/mol. The topological polar surface area (TPSA) is 12.0 Å². The number of nitrogens with one attached hydrogen (secondary N) is 1. The van der Waals surface area contributed by atoms with Crippen LogP contribution in [0.1, 0.15) is 14.6 Å². The maximum Gasteiger partial charge on any atom is 0.0931 e. The Labute approximate surface area is 109 Å². The van der Waals surface area contributed by atoms with Gasteiger partial charge in [0.15, 0.2) is 0 Å². The summed E-state index contributed by atoms with van der Waals surface area (Å²) in [4.78, 5) is 4.13. The molecule has 0 unspecified atom stereocenters. The van der Waals surface area contributed by atoms with Crippen LogP contribution in [0.15, 0.2) is 24.3 Å². The highest BCUT2D eigenvalue weighted by Crippen LogP contribution is 2.21. The maximum absolute atomic E-state index is 5.87. The molecule has 4 heteroatoms. The Bertz CT molecular complexity index is 405. The van der Waals surface area contributed by atoms with Crippen molar-refractivity contribution in [2.45, 2.75) is 19.9 Å². The van der Waals surface area contributed by atoms with E-state index in [-0.39, 0.29) is 0 Å². The van der Waals surface area contributed by atoms with Crippen LogP contribution in [0, 0.1) is 6.92 Å². The average Bonchev–Trinajstić information content (AvgIpc) is 2.83. The molecular weight excluding hydrogens is 258 g/mol. The monoisotopic (exact) mass is 271 g/mol. The lowest BCUT2D eigenvalue weighted by Gasteiger charge is -2.01. The molecule has 2 aromatic heterocycles. The van der Waals surface area contributed by atoms with Crippen LogP contribution < -0.4 is 5.32 Å². The highest BCUT2D eigenvalue weighted by atomic mass is 35.5. The molecule has 0 fully saturated rings. The van der Waals surface area contributed by atoms with Crippen LogP contribution in [0.3, 0.4) is 0 Å². The summed E-state index contributed by atoms with van der Waals surface area (Å²) < 4.78 is 0.879. The van der Waals surface area contributed by atoms with E-state index in [1.54, 1.807) is 11.3 Å². The number of thiophene rings is 2. The van der Waals surface area contributed by atoms with Gasteiger partial charge in [0.25, 0.3) is 0 Å². The summed E-state index contributed by atoms with van der Waals surface area (Å²) >= 11 is 9.39. The smallest absolute Gasteiger partial charge is 0.0931 e. The van der Waals surface area contributed by atoms with Crippen LogP contribution >= 0.6 is 34.3 Å². The molecule has 0 amide bonds. The van der Waals surface area contributed by atoms with Gasteiger partial charge in [-0.3, -0.25) is 0 Å². The van der Waals surface area contributed by atoms with Crippen LogP contribution in [0.25, 0.3) is 0 Å². The van der Waals surface area contributed by atoms with Gasteiger partial charge in [-0.15, -0.1) is 22.7 Å². The van der Waals surface area contributed by atoms with E-state index in [2.05, 4.69) is 30.4 Å². The van der Waals surface area contributed by atoms with Gasteiger partial charge in [0.2, 0.25) is 0 Å². The third kappa shape index (κ3) is 3.59. The lowest BCUT2D eigenvalue weighted by molar-refractivity contribution is 0.697. The molecule has 0 saturated carbocycles. The third-order valence-electron chi connectivity index (χ3n) is 2.27. The second kappa shape index (κ2) is 5.82. The number of halogens is 1. The molecule has 1 N–H and O–H groups in total.